The Morgan fingerprint density at radius 2 is 1.83 bits per heavy atom. The molecule has 2 aromatic rings. The SMILES string of the molecule is CCOc1ccc(C(=O)C[C@]2(O)C(=O)N(CN3CCOCC3)c3ccccc32)cc1. The first kappa shape index (κ1) is 20.5. The molecule has 1 atom stereocenters. The number of ether oxygens (including phenoxy) is 2. The maximum Gasteiger partial charge on any atom is 0.265 e. The van der Waals surface area contributed by atoms with E-state index < -0.39 is 11.5 Å². The number of carbonyl (C=O) groups is 2. The molecule has 30 heavy (non-hydrogen) atoms. The van der Waals surface area contributed by atoms with Crippen LogP contribution in [0, 0.1) is 0 Å². The number of fused-ring (bicyclic) bond motifs is 1. The number of hydrogen-bond donors (Lipinski definition) is 1. The van der Waals surface area contributed by atoms with E-state index in [0.717, 1.165) is 13.1 Å². The van der Waals surface area contributed by atoms with E-state index in [-0.39, 0.29) is 12.2 Å². The number of ketones is 1. The van der Waals surface area contributed by atoms with Crippen LogP contribution in [-0.4, -0.2) is 61.3 Å². The third-order valence-electron chi connectivity index (χ3n) is 5.59. The highest BCUT2D eigenvalue weighted by molar-refractivity contribution is 6.10. The van der Waals surface area contributed by atoms with Crippen molar-refractivity contribution in [2.75, 3.05) is 44.5 Å². The number of rotatable bonds is 7. The average Bonchev–Trinajstić information content (AvgIpc) is 2.97. The molecule has 2 aliphatic rings. The molecule has 0 unspecified atom stereocenters. The van der Waals surface area contributed by atoms with Gasteiger partial charge in [-0.3, -0.25) is 19.4 Å². The number of anilines is 1. The number of hydrogen-bond acceptors (Lipinski definition) is 6. The topological polar surface area (TPSA) is 79.3 Å². The minimum Gasteiger partial charge on any atom is -0.494 e. The molecule has 2 aliphatic heterocycles. The number of benzene rings is 2. The average molecular weight is 410 g/mol. The van der Waals surface area contributed by atoms with E-state index in [1.54, 1.807) is 41.3 Å². The summed E-state index contributed by atoms with van der Waals surface area (Å²) in [6.45, 7) is 5.45. The van der Waals surface area contributed by atoms with Gasteiger partial charge >= 0.3 is 0 Å². The van der Waals surface area contributed by atoms with Crippen molar-refractivity contribution >= 4 is 17.4 Å². The van der Waals surface area contributed by atoms with Crippen LogP contribution in [-0.2, 0) is 15.1 Å². The molecule has 1 amide bonds. The molecule has 2 heterocycles. The zero-order valence-corrected chi connectivity index (χ0v) is 17.0. The number of Topliss-reactive ketones (excluding diaryl/α,β-unsaturated/α-hetero) is 1. The Hall–Kier alpha value is -2.74. The molecule has 0 radical (unpaired) electrons. The number of carbonyl (C=O) groups excluding carboxylic acids is 2. The first-order chi connectivity index (χ1) is 14.5. The first-order valence-electron chi connectivity index (χ1n) is 10.2. The van der Waals surface area contributed by atoms with Crippen LogP contribution in [0.25, 0.3) is 0 Å². The van der Waals surface area contributed by atoms with Crippen LogP contribution in [0.2, 0.25) is 0 Å². The van der Waals surface area contributed by atoms with Gasteiger partial charge in [-0.15, -0.1) is 0 Å². The molecule has 0 bridgehead atoms. The summed E-state index contributed by atoms with van der Waals surface area (Å²) in [7, 11) is 0. The minimum absolute atomic E-state index is 0.295. The van der Waals surface area contributed by atoms with Gasteiger partial charge in [0, 0.05) is 24.2 Å². The molecule has 0 spiro atoms. The summed E-state index contributed by atoms with van der Waals surface area (Å²) in [4.78, 5) is 29.9. The largest absolute Gasteiger partial charge is 0.494 e. The molecule has 158 valence electrons. The lowest BCUT2D eigenvalue weighted by molar-refractivity contribution is -0.136. The van der Waals surface area contributed by atoms with E-state index in [0.29, 0.717) is 49.1 Å². The van der Waals surface area contributed by atoms with Gasteiger partial charge in [0.25, 0.3) is 5.91 Å². The Balaban J connectivity index is 1.57. The lowest BCUT2D eigenvalue weighted by Gasteiger charge is -2.31. The molecule has 0 aliphatic carbocycles. The highest BCUT2D eigenvalue weighted by atomic mass is 16.5. The zero-order valence-electron chi connectivity index (χ0n) is 17.0. The fraction of sp³-hybridized carbons (Fsp3) is 0.391. The van der Waals surface area contributed by atoms with Crippen molar-refractivity contribution in [1.29, 1.82) is 0 Å². The van der Waals surface area contributed by atoms with E-state index in [4.69, 9.17) is 9.47 Å². The van der Waals surface area contributed by atoms with Gasteiger partial charge in [-0.05, 0) is 37.3 Å². The molecule has 0 aromatic heterocycles. The summed E-state index contributed by atoms with van der Waals surface area (Å²) in [6, 6.07) is 13.9. The monoisotopic (exact) mass is 410 g/mol. The predicted molar refractivity (Wildman–Crippen MR) is 112 cm³/mol. The van der Waals surface area contributed by atoms with E-state index in [9.17, 15) is 14.7 Å². The third-order valence-corrected chi connectivity index (χ3v) is 5.59. The van der Waals surface area contributed by atoms with Gasteiger partial charge in [-0.2, -0.15) is 0 Å². The molecule has 1 fully saturated rings. The Bertz CT molecular complexity index is 923. The maximum atomic E-state index is 13.3. The van der Waals surface area contributed by atoms with Crippen molar-refractivity contribution in [3.63, 3.8) is 0 Å². The van der Waals surface area contributed by atoms with E-state index in [2.05, 4.69) is 4.90 Å². The quantitative estimate of drug-likeness (QED) is 0.705. The summed E-state index contributed by atoms with van der Waals surface area (Å²) in [5, 5.41) is 11.4. The predicted octanol–water partition coefficient (Wildman–Crippen LogP) is 2.18. The van der Waals surface area contributed by atoms with Crippen LogP contribution in [0.5, 0.6) is 5.75 Å². The van der Waals surface area contributed by atoms with E-state index in [1.807, 2.05) is 19.1 Å². The van der Waals surface area contributed by atoms with Gasteiger partial charge in [-0.1, -0.05) is 18.2 Å². The van der Waals surface area contributed by atoms with Crippen LogP contribution >= 0.6 is 0 Å². The first-order valence-corrected chi connectivity index (χ1v) is 10.2. The van der Waals surface area contributed by atoms with Crippen LogP contribution in [0.15, 0.2) is 48.5 Å². The summed E-state index contributed by atoms with van der Waals surface area (Å²) < 4.78 is 10.8. The van der Waals surface area contributed by atoms with Gasteiger partial charge in [0.05, 0.1) is 38.6 Å². The standard InChI is InChI=1S/C23H26N2O5/c1-2-30-18-9-7-17(8-10-18)21(26)15-23(28)19-5-3-4-6-20(19)25(22(23)27)16-24-11-13-29-14-12-24/h3-10,28H,2,11-16H2,1H3/t23-/m1/s1. The lowest BCUT2D eigenvalue weighted by Crippen LogP contribution is -2.49. The van der Waals surface area contributed by atoms with Crippen LogP contribution < -0.4 is 9.64 Å². The Morgan fingerprint density at radius 1 is 1.13 bits per heavy atom. The van der Waals surface area contributed by atoms with Crippen molar-refractivity contribution < 1.29 is 24.2 Å². The van der Waals surface area contributed by atoms with Gasteiger partial charge in [-0.25, -0.2) is 0 Å². The van der Waals surface area contributed by atoms with Crippen molar-refractivity contribution in [3.8, 4) is 5.75 Å². The minimum atomic E-state index is -1.88. The van der Waals surface area contributed by atoms with Crippen LogP contribution in [0.3, 0.4) is 0 Å². The fourth-order valence-electron chi connectivity index (χ4n) is 4.00. The van der Waals surface area contributed by atoms with Gasteiger partial charge in [0.15, 0.2) is 11.4 Å². The van der Waals surface area contributed by atoms with Gasteiger partial charge in [0.2, 0.25) is 0 Å². The number of para-hydroxylation sites is 1. The fourth-order valence-corrected chi connectivity index (χ4v) is 4.00. The van der Waals surface area contributed by atoms with E-state index >= 15 is 0 Å². The molecule has 0 saturated carbocycles. The molecule has 7 nitrogen and oxygen atoms in total. The number of nitrogens with zero attached hydrogens (tertiary/aromatic N) is 2. The van der Waals surface area contributed by atoms with Crippen LogP contribution in [0.4, 0.5) is 5.69 Å². The molecule has 7 heteroatoms. The summed E-state index contributed by atoms with van der Waals surface area (Å²) in [5.41, 5.74) is -0.319. The highest BCUT2D eigenvalue weighted by Crippen LogP contribution is 2.43. The Labute approximate surface area is 175 Å². The zero-order chi connectivity index (χ0) is 21.1. The normalized spacial score (nSPS) is 21.5. The van der Waals surface area contributed by atoms with Gasteiger partial charge in [0.1, 0.15) is 5.75 Å². The molecular formula is C23H26N2O5. The molecular weight excluding hydrogens is 384 g/mol. The summed E-state index contributed by atoms with van der Waals surface area (Å²) in [5.74, 6) is -0.0851. The molecule has 2 aromatic carbocycles. The number of morpholine rings is 1. The molecule has 1 saturated heterocycles. The highest BCUT2D eigenvalue weighted by Gasteiger charge is 2.51. The maximum absolute atomic E-state index is 13.3. The van der Waals surface area contributed by atoms with Crippen molar-refractivity contribution in [2.45, 2.75) is 18.9 Å². The smallest absolute Gasteiger partial charge is 0.265 e. The third kappa shape index (κ3) is 3.84. The van der Waals surface area contributed by atoms with Crippen molar-refractivity contribution in [3.05, 3.63) is 59.7 Å². The molecule has 4 rings (SSSR count). The summed E-state index contributed by atoms with van der Waals surface area (Å²) >= 11 is 0. The van der Waals surface area contributed by atoms with Gasteiger partial charge < -0.3 is 14.6 Å². The molecule has 1 N–H and O–H groups in total. The van der Waals surface area contributed by atoms with Crippen molar-refractivity contribution in [1.82, 2.24) is 4.90 Å². The Kier molecular flexibility index (Phi) is 5.85. The second-order valence-electron chi connectivity index (χ2n) is 7.54. The second-order valence-corrected chi connectivity index (χ2v) is 7.54. The number of amides is 1. The Morgan fingerprint density at radius 3 is 2.53 bits per heavy atom. The summed E-state index contributed by atoms with van der Waals surface area (Å²) in [6.07, 6.45) is -0.309. The second kappa shape index (κ2) is 8.55. The van der Waals surface area contributed by atoms with Crippen molar-refractivity contribution in [2.24, 2.45) is 0 Å². The van der Waals surface area contributed by atoms with Crippen LogP contribution in [0.1, 0.15) is 29.3 Å². The lowest BCUT2D eigenvalue weighted by atomic mass is 9.88. The number of aliphatic hydroxyl groups is 1. The van der Waals surface area contributed by atoms with E-state index in [1.165, 1.54) is 0 Å².